The lowest BCUT2D eigenvalue weighted by Crippen LogP contribution is -2.41. The molecule has 3 heteroatoms. The van der Waals surface area contributed by atoms with Crippen molar-refractivity contribution in [2.75, 3.05) is 32.8 Å². The highest BCUT2D eigenvalue weighted by atomic mass is 16.5. The van der Waals surface area contributed by atoms with Gasteiger partial charge in [0.25, 0.3) is 0 Å². The van der Waals surface area contributed by atoms with Gasteiger partial charge in [-0.05, 0) is 44.2 Å². The molecule has 3 atom stereocenters. The van der Waals surface area contributed by atoms with Gasteiger partial charge in [-0.3, -0.25) is 4.90 Å². The average Bonchev–Trinajstić information content (AvgIpc) is 3.20. The highest BCUT2D eigenvalue weighted by Crippen LogP contribution is 2.27. The Kier molecular flexibility index (Phi) is 5.28. The fourth-order valence-corrected chi connectivity index (χ4v) is 3.57. The van der Waals surface area contributed by atoms with Crippen LogP contribution < -0.4 is 5.32 Å². The zero-order valence-corrected chi connectivity index (χ0v) is 13.1. The molecule has 1 aromatic carbocycles. The number of ether oxygens (including phenoxy) is 1. The topological polar surface area (TPSA) is 24.5 Å². The monoisotopic (exact) mass is 288 g/mol. The van der Waals surface area contributed by atoms with Gasteiger partial charge >= 0.3 is 0 Å². The highest BCUT2D eigenvalue weighted by molar-refractivity contribution is 5.21. The van der Waals surface area contributed by atoms with Crippen molar-refractivity contribution >= 4 is 0 Å². The Hall–Kier alpha value is -0.900. The van der Waals surface area contributed by atoms with Crippen LogP contribution in [0.2, 0.25) is 0 Å². The normalized spacial score (nSPS) is 28.0. The number of hydrogen-bond acceptors (Lipinski definition) is 3. The number of benzene rings is 1. The van der Waals surface area contributed by atoms with Crippen molar-refractivity contribution in [3.8, 4) is 0 Å². The zero-order chi connectivity index (χ0) is 14.5. The molecule has 2 aliphatic heterocycles. The number of nitrogens with zero attached hydrogens (tertiary/aromatic N) is 1. The van der Waals surface area contributed by atoms with Crippen LogP contribution in [-0.4, -0.2) is 49.8 Å². The van der Waals surface area contributed by atoms with Crippen LogP contribution in [0.15, 0.2) is 30.3 Å². The largest absolute Gasteiger partial charge is 0.377 e. The summed E-state index contributed by atoms with van der Waals surface area (Å²) in [6, 6.07) is 11.6. The van der Waals surface area contributed by atoms with E-state index in [1.165, 1.54) is 37.9 Å². The van der Waals surface area contributed by atoms with Crippen LogP contribution in [0.3, 0.4) is 0 Å². The smallest absolute Gasteiger partial charge is 0.0700 e. The molecule has 116 valence electrons. The average molecular weight is 288 g/mol. The maximum atomic E-state index is 5.66. The molecule has 0 spiro atoms. The minimum absolute atomic E-state index is 0.452. The van der Waals surface area contributed by atoms with Crippen molar-refractivity contribution in [3.05, 3.63) is 35.9 Å². The van der Waals surface area contributed by atoms with Gasteiger partial charge in [-0.15, -0.1) is 0 Å². The Bertz CT molecular complexity index is 416. The van der Waals surface area contributed by atoms with E-state index in [-0.39, 0.29) is 0 Å². The first-order valence-corrected chi connectivity index (χ1v) is 8.44. The molecular weight excluding hydrogens is 260 g/mol. The summed E-state index contributed by atoms with van der Waals surface area (Å²) in [5, 5.41) is 3.59. The van der Waals surface area contributed by atoms with Crippen LogP contribution in [0.1, 0.15) is 37.7 Å². The van der Waals surface area contributed by atoms with E-state index in [0.717, 1.165) is 19.7 Å². The van der Waals surface area contributed by atoms with E-state index in [4.69, 9.17) is 4.74 Å². The summed E-state index contributed by atoms with van der Waals surface area (Å²) < 4.78 is 5.66. The number of rotatable bonds is 6. The van der Waals surface area contributed by atoms with Gasteiger partial charge in [0.2, 0.25) is 0 Å². The summed E-state index contributed by atoms with van der Waals surface area (Å²) in [6.07, 6.45) is 4.20. The number of likely N-dealkylation sites (tertiary alicyclic amines) is 1. The minimum atomic E-state index is 0.452. The molecule has 0 saturated carbocycles. The molecule has 0 aliphatic carbocycles. The Labute approximate surface area is 128 Å². The molecule has 1 N–H and O–H groups in total. The van der Waals surface area contributed by atoms with Gasteiger partial charge < -0.3 is 10.1 Å². The molecule has 3 rings (SSSR count). The predicted octanol–water partition coefficient (Wildman–Crippen LogP) is 2.63. The van der Waals surface area contributed by atoms with Crippen molar-refractivity contribution in [2.24, 2.45) is 0 Å². The molecule has 0 aromatic heterocycles. The summed E-state index contributed by atoms with van der Waals surface area (Å²) in [5.41, 5.74) is 1.50. The van der Waals surface area contributed by atoms with Gasteiger partial charge in [0, 0.05) is 32.3 Å². The molecular formula is C18H28N2O. The maximum absolute atomic E-state index is 5.66. The number of nitrogens with one attached hydrogen (secondary N) is 1. The molecule has 2 saturated heterocycles. The molecule has 3 nitrogen and oxygen atoms in total. The van der Waals surface area contributed by atoms with Crippen molar-refractivity contribution in [2.45, 2.75) is 44.2 Å². The molecule has 0 amide bonds. The zero-order valence-electron chi connectivity index (χ0n) is 13.1. The Morgan fingerprint density at radius 3 is 2.90 bits per heavy atom. The summed E-state index contributed by atoms with van der Waals surface area (Å²) in [6.45, 7) is 7.81. The molecule has 0 radical (unpaired) electrons. The summed E-state index contributed by atoms with van der Waals surface area (Å²) >= 11 is 0. The van der Waals surface area contributed by atoms with Gasteiger partial charge in [-0.25, -0.2) is 0 Å². The Balaban J connectivity index is 1.40. The Morgan fingerprint density at radius 1 is 1.29 bits per heavy atom. The predicted molar refractivity (Wildman–Crippen MR) is 86.7 cm³/mol. The van der Waals surface area contributed by atoms with E-state index < -0.39 is 0 Å². The third kappa shape index (κ3) is 4.06. The van der Waals surface area contributed by atoms with Gasteiger partial charge in [0.15, 0.2) is 0 Å². The lowest BCUT2D eigenvalue weighted by molar-refractivity contribution is 0.108. The van der Waals surface area contributed by atoms with E-state index >= 15 is 0 Å². The lowest BCUT2D eigenvalue weighted by Gasteiger charge is -2.25. The van der Waals surface area contributed by atoms with Crippen molar-refractivity contribution in [1.29, 1.82) is 0 Å². The first kappa shape index (κ1) is 15.0. The standard InChI is InChI=1S/C18H28N2O/c1-15(12-19-13-18-8-5-11-21-18)20-10-9-17(14-20)16-6-3-2-4-7-16/h2-4,6-7,15,17-19H,5,8-14H2,1H3. The van der Waals surface area contributed by atoms with Crippen LogP contribution in [0.25, 0.3) is 0 Å². The van der Waals surface area contributed by atoms with Gasteiger partial charge in [0.05, 0.1) is 6.10 Å². The first-order valence-electron chi connectivity index (χ1n) is 8.44. The quantitative estimate of drug-likeness (QED) is 0.871. The Morgan fingerprint density at radius 2 is 2.14 bits per heavy atom. The fourth-order valence-electron chi connectivity index (χ4n) is 3.57. The van der Waals surface area contributed by atoms with Crippen LogP contribution in [0, 0.1) is 0 Å². The molecule has 2 fully saturated rings. The molecule has 2 heterocycles. The second kappa shape index (κ2) is 7.39. The molecule has 2 aliphatic rings. The van der Waals surface area contributed by atoms with Crippen LogP contribution in [0.5, 0.6) is 0 Å². The summed E-state index contributed by atoms with van der Waals surface area (Å²) in [7, 11) is 0. The summed E-state index contributed by atoms with van der Waals surface area (Å²) in [5.74, 6) is 0.715. The van der Waals surface area contributed by atoms with Crippen molar-refractivity contribution in [1.82, 2.24) is 10.2 Å². The number of hydrogen-bond donors (Lipinski definition) is 1. The van der Waals surface area contributed by atoms with Crippen molar-refractivity contribution in [3.63, 3.8) is 0 Å². The lowest BCUT2D eigenvalue weighted by atomic mass is 9.99. The second-order valence-electron chi connectivity index (χ2n) is 6.53. The van der Waals surface area contributed by atoms with E-state index in [2.05, 4.69) is 47.5 Å². The second-order valence-corrected chi connectivity index (χ2v) is 6.53. The third-order valence-electron chi connectivity index (χ3n) is 4.95. The van der Waals surface area contributed by atoms with Gasteiger partial charge in [0.1, 0.15) is 0 Å². The van der Waals surface area contributed by atoms with E-state index in [1.807, 2.05) is 0 Å². The highest BCUT2D eigenvalue weighted by Gasteiger charge is 2.26. The molecule has 3 unspecified atom stereocenters. The van der Waals surface area contributed by atoms with E-state index in [9.17, 15) is 0 Å². The van der Waals surface area contributed by atoms with E-state index in [0.29, 0.717) is 18.1 Å². The van der Waals surface area contributed by atoms with Crippen LogP contribution in [-0.2, 0) is 4.74 Å². The van der Waals surface area contributed by atoms with E-state index in [1.54, 1.807) is 0 Å². The third-order valence-corrected chi connectivity index (χ3v) is 4.95. The fraction of sp³-hybridized carbons (Fsp3) is 0.667. The molecule has 21 heavy (non-hydrogen) atoms. The molecule has 0 bridgehead atoms. The minimum Gasteiger partial charge on any atom is -0.377 e. The van der Waals surface area contributed by atoms with Gasteiger partial charge in [-0.2, -0.15) is 0 Å². The van der Waals surface area contributed by atoms with Crippen LogP contribution in [0.4, 0.5) is 0 Å². The van der Waals surface area contributed by atoms with Crippen molar-refractivity contribution < 1.29 is 4.74 Å². The first-order chi connectivity index (χ1) is 10.3. The van der Waals surface area contributed by atoms with Crippen LogP contribution >= 0.6 is 0 Å². The maximum Gasteiger partial charge on any atom is 0.0700 e. The SMILES string of the molecule is CC(CNCC1CCCO1)N1CCC(c2ccccc2)C1. The summed E-state index contributed by atoms with van der Waals surface area (Å²) in [4.78, 5) is 2.63. The molecule has 1 aromatic rings. The van der Waals surface area contributed by atoms with Gasteiger partial charge in [-0.1, -0.05) is 30.3 Å².